The zero-order valence-electron chi connectivity index (χ0n) is 14.9. The van der Waals surface area contributed by atoms with Crippen molar-refractivity contribution in [3.05, 3.63) is 82.9 Å². The van der Waals surface area contributed by atoms with Gasteiger partial charge in [0.15, 0.2) is 0 Å². The molecule has 2 aromatic carbocycles. The van der Waals surface area contributed by atoms with E-state index in [1.54, 1.807) is 12.1 Å². The molecule has 0 aliphatic carbocycles. The largest absolute Gasteiger partial charge is 0.506 e. The molecule has 0 fully saturated rings. The maximum absolute atomic E-state index is 12.4. The minimum absolute atomic E-state index is 0.0304. The van der Waals surface area contributed by atoms with Gasteiger partial charge in [-0.25, -0.2) is 5.43 Å². The summed E-state index contributed by atoms with van der Waals surface area (Å²) < 4.78 is 3.06. The van der Waals surface area contributed by atoms with Gasteiger partial charge in [-0.15, -0.1) is 0 Å². The normalized spacial score (nSPS) is 11.0. The predicted octanol–water partition coefficient (Wildman–Crippen LogP) is 4.60. The van der Waals surface area contributed by atoms with Gasteiger partial charge >= 0.3 is 5.69 Å². The van der Waals surface area contributed by atoms with Crippen LogP contribution in [0.1, 0.15) is 21.6 Å². The van der Waals surface area contributed by atoms with Crippen LogP contribution in [0.15, 0.2) is 61.1 Å². The fourth-order valence-electron chi connectivity index (χ4n) is 2.49. The van der Waals surface area contributed by atoms with Crippen LogP contribution in [0, 0.1) is 10.1 Å². The first kappa shape index (κ1) is 22.1. The van der Waals surface area contributed by atoms with Crippen LogP contribution in [0.2, 0.25) is 0 Å². The number of carbonyl (C=O) groups is 1. The first-order valence-corrected chi connectivity index (χ1v) is 10.6. The van der Waals surface area contributed by atoms with E-state index in [0.717, 1.165) is 10.0 Å². The molecule has 154 valence electrons. The third-order valence-corrected chi connectivity index (χ3v) is 5.51. The van der Waals surface area contributed by atoms with Gasteiger partial charge in [0.1, 0.15) is 11.9 Å². The van der Waals surface area contributed by atoms with Gasteiger partial charge in [-0.3, -0.25) is 19.6 Å². The van der Waals surface area contributed by atoms with Crippen molar-refractivity contribution >= 4 is 65.6 Å². The number of nitro groups is 1. The van der Waals surface area contributed by atoms with E-state index >= 15 is 0 Å². The first-order chi connectivity index (χ1) is 14.2. The summed E-state index contributed by atoms with van der Waals surface area (Å²) in [5.74, 6) is -0.786. The lowest BCUT2D eigenvalue weighted by molar-refractivity contribution is -0.385. The van der Waals surface area contributed by atoms with Crippen LogP contribution in [0.5, 0.6) is 5.75 Å². The maximum atomic E-state index is 12.4. The van der Waals surface area contributed by atoms with Gasteiger partial charge in [0.2, 0.25) is 5.69 Å². The number of nitrogens with one attached hydrogen (secondary N) is 1. The number of hydrazone groups is 1. The number of aromatic nitrogens is 2. The standard InChI is InChI=1S/C18H12Br3N5O4/c19-12-3-1-2-10(4-12)8-25-9-15(26(29)30)16(24-25)18(28)23-22-7-11-5-13(20)17(27)14(21)6-11/h1-7,9,27H,8H2,(H,23,28)/b22-7+. The quantitative estimate of drug-likeness (QED) is 0.243. The zero-order valence-corrected chi connectivity index (χ0v) is 19.7. The third-order valence-electron chi connectivity index (χ3n) is 3.81. The van der Waals surface area contributed by atoms with Crippen molar-refractivity contribution in [3.8, 4) is 5.75 Å². The Hall–Kier alpha value is -2.57. The van der Waals surface area contributed by atoms with Gasteiger partial charge in [0.05, 0.1) is 26.6 Å². The molecule has 9 nitrogen and oxygen atoms in total. The van der Waals surface area contributed by atoms with E-state index in [-0.39, 0.29) is 18.0 Å². The number of amides is 1. The fraction of sp³-hybridized carbons (Fsp3) is 0.0556. The molecule has 0 aliphatic rings. The predicted molar refractivity (Wildman–Crippen MR) is 121 cm³/mol. The van der Waals surface area contributed by atoms with Crippen molar-refractivity contribution in [2.24, 2.45) is 5.10 Å². The molecule has 0 radical (unpaired) electrons. The average molecular weight is 602 g/mol. The Labute approximate surface area is 195 Å². The zero-order chi connectivity index (χ0) is 21.8. The smallest absolute Gasteiger partial charge is 0.320 e. The van der Waals surface area contributed by atoms with E-state index in [4.69, 9.17) is 0 Å². The molecule has 1 amide bonds. The lowest BCUT2D eigenvalue weighted by Gasteiger charge is -2.02. The van der Waals surface area contributed by atoms with Crippen molar-refractivity contribution in [1.82, 2.24) is 15.2 Å². The Balaban J connectivity index is 1.78. The molecule has 0 bridgehead atoms. The highest BCUT2D eigenvalue weighted by molar-refractivity contribution is 9.11. The van der Waals surface area contributed by atoms with E-state index in [1.165, 1.54) is 17.1 Å². The van der Waals surface area contributed by atoms with Crippen molar-refractivity contribution in [2.45, 2.75) is 6.54 Å². The maximum Gasteiger partial charge on any atom is 0.320 e. The second-order valence-corrected chi connectivity index (χ2v) is 8.60. The monoisotopic (exact) mass is 599 g/mol. The SMILES string of the molecule is O=C(N/N=C/c1cc(Br)c(O)c(Br)c1)c1nn(Cc2cccc(Br)c2)cc1[N+](=O)[O-]. The molecule has 0 saturated carbocycles. The Morgan fingerprint density at radius 3 is 2.60 bits per heavy atom. The molecule has 0 spiro atoms. The molecule has 1 heterocycles. The number of hydrogen-bond acceptors (Lipinski definition) is 6. The van der Waals surface area contributed by atoms with Crippen LogP contribution in [0.3, 0.4) is 0 Å². The van der Waals surface area contributed by atoms with Gasteiger partial charge in [-0.2, -0.15) is 10.2 Å². The van der Waals surface area contributed by atoms with Gasteiger partial charge in [-0.1, -0.05) is 28.1 Å². The van der Waals surface area contributed by atoms with Crippen molar-refractivity contribution < 1.29 is 14.8 Å². The molecular weight excluding hydrogens is 590 g/mol. The number of benzene rings is 2. The molecule has 12 heteroatoms. The number of aromatic hydroxyl groups is 1. The van der Waals surface area contributed by atoms with E-state index in [2.05, 4.69) is 63.4 Å². The van der Waals surface area contributed by atoms with Crippen molar-refractivity contribution in [2.75, 3.05) is 0 Å². The topological polar surface area (TPSA) is 123 Å². The lowest BCUT2D eigenvalue weighted by Crippen LogP contribution is -2.19. The van der Waals surface area contributed by atoms with Gasteiger partial charge in [0, 0.05) is 4.47 Å². The molecule has 0 atom stereocenters. The van der Waals surface area contributed by atoms with Crippen molar-refractivity contribution in [1.29, 1.82) is 0 Å². The van der Waals surface area contributed by atoms with Crippen LogP contribution in [0.4, 0.5) is 5.69 Å². The van der Waals surface area contributed by atoms with E-state index < -0.39 is 16.5 Å². The van der Waals surface area contributed by atoms with Gasteiger partial charge in [-0.05, 0) is 67.3 Å². The molecule has 0 aliphatic heterocycles. The molecule has 3 aromatic rings. The highest BCUT2D eigenvalue weighted by Gasteiger charge is 2.25. The number of carbonyl (C=O) groups excluding carboxylic acids is 1. The number of hydrogen-bond donors (Lipinski definition) is 2. The minimum Gasteiger partial charge on any atom is -0.506 e. The Kier molecular flexibility index (Phi) is 7.00. The summed E-state index contributed by atoms with van der Waals surface area (Å²) in [5, 5.41) is 28.9. The average Bonchev–Trinajstić information content (AvgIpc) is 3.10. The molecule has 0 saturated heterocycles. The highest BCUT2D eigenvalue weighted by atomic mass is 79.9. The number of nitrogens with zero attached hydrogens (tertiary/aromatic N) is 4. The van der Waals surface area contributed by atoms with E-state index in [9.17, 15) is 20.0 Å². The summed E-state index contributed by atoms with van der Waals surface area (Å²) in [6, 6.07) is 10.6. The third kappa shape index (κ3) is 5.32. The Morgan fingerprint density at radius 2 is 1.97 bits per heavy atom. The molecule has 30 heavy (non-hydrogen) atoms. The van der Waals surface area contributed by atoms with E-state index in [1.807, 2.05) is 24.3 Å². The number of phenols is 1. The fourth-order valence-corrected chi connectivity index (χ4v) is 4.16. The number of halogens is 3. The van der Waals surface area contributed by atoms with E-state index in [0.29, 0.717) is 14.5 Å². The van der Waals surface area contributed by atoms with Crippen LogP contribution in [-0.4, -0.2) is 31.9 Å². The summed E-state index contributed by atoms with van der Waals surface area (Å²) in [6.45, 7) is 0.256. The molecule has 1 aromatic heterocycles. The minimum atomic E-state index is -0.817. The second-order valence-electron chi connectivity index (χ2n) is 5.98. The van der Waals surface area contributed by atoms with Gasteiger partial charge < -0.3 is 5.11 Å². The Bertz CT molecular complexity index is 1140. The number of rotatable bonds is 6. The summed E-state index contributed by atoms with van der Waals surface area (Å²) in [7, 11) is 0. The van der Waals surface area contributed by atoms with Crippen LogP contribution in [-0.2, 0) is 6.54 Å². The summed E-state index contributed by atoms with van der Waals surface area (Å²) in [5.41, 5.74) is 2.89. The molecule has 2 N–H and O–H groups in total. The Morgan fingerprint density at radius 1 is 1.27 bits per heavy atom. The summed E-state index contributed by atoms with van der Waals surface area (Å²) in [4.78, 5) is 23.1. The van der Waals surface area contributed by atoms with Crippen LogP contribution >= 0.6 is 47.8 Å². The second kappa shape index (κ2) is 9.49. The lowest BCUT2D eigenvalue weighted by atomic mass is 10.2. The summed E-state index contributed by atoms with van der Waals surface area (Å²) in [6.07, 6.45) is 2.53. The van der Waals surface area contributed by atoms with Crippen molar-refractivity contribution in [3.63, 3.8) is 0 Å². The molecule has 0 unspecified atom stereocenters. The van der Waals surface area contributed by atoms with Gasteiger partial charge in [0.25, 0.3) is 5.91 Å². The highest BCUT2D eigenvalue weighted by Crippen LogP contribution is 2.32. The summed E-state index contributed by atoms with van der Waals surface area (Å²) >= 11 is 9.75. The molecular formula is C18H12Br3N5O4. The first-order valence-electron chi connectivity index (χ1n) is 8.22. The number of phenolic OH excluding ortho intramolecular Hbond substituents is 1. The van der Waals surface area contributed by atoms with Crippen LogP contribution < -0.4 is 5.43 Å². The van der Waals surface area contributed by atoms with Crippen LogP contribution in [0.25, 0.3) is 0 Å². The molecule has 3 rings (SSSR count).